The van der Waals surface area contributed by atoms with Gasteiger partial charge in [-0.1, -0.05) is 12.1 Å². The standard InChI is InChI=1S/C7H5N3O2.ClH/c11-10(12)6-3-1-2-5-4-8-9-7(5)6;/h1-4H,(H,8,9);1H. The Labute approximate surface area is 79.3 Å². The number of nitro groups is 1. The molecule has 68 valence electrons. The molecule has 0 radical (unpaired) electrons. The van der Waals surface area contributed by atoms with Gasteiger partial charge in [0.1, 0.15) is 5.52 Å². The SMILES string of the molecule is Cl.O=[N+]([O-])c1cccc2cn[nH]c12. The van der Waals surface area contributed by atoms with Gasteiger partial charge in [-0.05, 0) is 0 Å². The van der Waals surface area contributed by atoms with Crippen molar-refractivity contribution in [3.63, 3.8) is 0 Å². The van der Waals surface area contributed by atoms with E-state index in [1.54, 1.807) is 18.3 Å². The molecule has 1 aromatic heterocycles. The Morgan fingerprint density at radius 3 is 2.92 bits per heavy atom. The summed E-state index contributed by atoms with van der Waals surface area (Å²) in [6, 6.07) is 4.85. The van der Waals surface area contributed by atoms with Crippen molar-refractivity contribution in [3.05, 3.63) is 34.5 Å². The number of aromatic nitrogens is 2. The molecule has 1 aromatic carbocycles. The largest absolute Gasteiger partial charge is 0.294 e. The van der Waals surface area contributed by atoms with Crippen LogP contribution < -0.4 is 0 Å². The number of aromatic amines is 1. The van der Waals surface area contributed by atoms with E-state index in [4.69, 9.17) is 0 Å². The molecule has 5 nitrogen and oxygen atoms in total. The van der Waals surface area contributed by atoms with Crippen molar-refractivity contribution in [1.82, 2.24) is 10.2 Å². The third-order valence-corrected chi connectivity index (χ3v) is 1.65. The molecule has 0 fully saturated rings. The number of H-pyrrole nitrogens is 1. The first kappa shape index (κ1) is 9.47. The van der Waals surface area contributed by atoms with Crippen LogP contribution in [0.5, 0.6) is 0 Å². The van der Waals surface area contributed by atoms with Gasteiger partial charge in [-0.3, -0.25) is 15.2 Å². The predicted molar refractivity (Wildman–Crippen MR) is 50.0 cm³/mol. The molecule has 0 atom stereocenters. The Kier molecular flexibility index (Phi) is 2.48. The van der Waals surface area contributed by atoms with Crippen LogP contribution >= 0.6 is 12.4 Å². The molecule has 0 saturated heterocycles. The van der Waals surface area contributed by atoms with Gasteiger partial charge in [0.15, 0.2) is 0 Å². The van der Waals surface area contributed by atoms with Gasteiger partial charge in [0, 0.05) is 11.5 Å². The molecule has 1 heterocycles. The minimum atomic E-state index is -0.430. The van der Waals surface area contributed by atoms with Gasteiger partial charge in [0.25, 0.3) is 5.69 Å². The van der Waals surface area contributed by atoms with Crippen molar-refractivity contribution >= 4 is 29.0 Å². The van der Waals surface area contributed by atoms with E-state index < -0.39 is 4.92 Å². The quantitative estimate of drug-likeness (QED) is 0.563. The fourth-order valence-corrected chi connectivity index (χ4v) is 1.11. The average Bonchev–Trinajstić information content (AvgIpc) is 2.49. The van der Waals surface area contributed by atoms with E-state index in [1.807, 2.05) is 0 Å². The molecule has 0 aliphatic rings. The van der Waals surface area contributed by atoms with Gasteiger partial charge in [-0.2, -0.15) is 5.10 Å². The van der Waals surface area contributed by atoms with E-state index in [0.29, 0.717) is 5.52 Å². The summed E-state index contributed by atoms with van der Waals surface area (Å²) in [5.74, 6) is 0. The highest BCUT2D eigenvalue weighted by Gasteiger charge is 2.11. The van der Waals surface area contributed by atoms with Crippen molar-refractivity contribution in [3.8, 4) is 0 Å². The minimum absolute atomic E-state index is 0. The Morgan fingerprint density at radius 2 is 2.23 bits per heavy atom. The van der Waals surface area contributed by atoms with Crippen LogP contribution in [0, 0.1) is 10.1 Å². The van der Waals surface area contributed by atoms with Crippen LogP contribution in [-0.4, -0.2) is 15.1 Å². The smallest absolute Gasteiger partial charge is 0.271 e. The Balaban J connectivity index is 0.000000845. The lowest BCUT2D eigenvalue weighted by Gasteiger charge is -1.90. The van der Waals surface area contributed by atoms with Crippen LogP contribution in [0.25, 0.3) is 10.9 Å². The third-order valence-electron chi connectivity index (χ3n) is 1.65. The van der Waals surface area contributed by atoms with Crippen molar-refractivity contribution in [2.45, 2.75) is 0 Å². The summed E-state index contributed by atoms with van der Waals surface area (Å²) in [4.78, 5) is 10.0. The van der Waals surface area contributed by atoms with Gasteiger partial charge in [0.2, 0.25) is 0 Å². The second kappa shape index (κ2) is 3.40. The van der Waals surface area contributed by atoms with Crippen LogP contribution in [0.1, 0.15) is 0 Å². The number of fused-ring (bicyclic) bond motifs is 1. The summed E-state index contributed by atoms with van der Waals surface area (Å²) in [5, 5.41) is 17.5. The van der Waals surface area contributed by atoms with Crippen LogP contribution in [0.2, 0.25) is 0 Å². The third kappa shape index (κ3) is 1.46. The summed E-state index contributed by atoms with van der Waals surface area (Å²) in [5.41, 5.74) is 0.535. The number of nitrogens with zero attached hydrogens (tertiary/aromatic N) is 2. The normalized spacial score (nSPS) is 9.54. The number of hydrogen-bond acceptors (Lipinski definition) is 3. The summed E-state index contributed by atoms with van der Waals surface area (Å²) >= 11 is 0. The predicted octanol–water partition coefficient (Wildman–Crippen LogP) is 1.89. The number of halogens is 1. The second-order valence-electron chi connectivity index (χ2n) is 2.37. The Bertz CT molecular complexity index is 440. The minimum Gasteiger partial charge on any atom is -0.271 e. The lowest BCUT2D eigenvalue weighted by molar-refractivity contribution is -0.383. The first-order valence-corrected chi connectivity index (χ1v) is 3.35. The molecule has 0 unspecified atom stereocenters. The molecule has 13 heavy (non-hydrogen) atoms. The maximum Gasteiger partial charge on any atom is 0.294 e. The molecular weight excluding hydrogens is 194 g/mol. The maximum absolute atomic E-state index is 10.5. The molecule has 0 amide bonds. The molecule has 0 aliphatic heterocycles. The van der Waals surface area contributed by atoms with E-state index in [1.165, 1.54) is 6.07 Å². The summed E-state index contributed by atoms with van der Waals surface area (Å²) in [6.07, 6.45) is 1.56. The topological polar surface area (TPSA) is 71.8 Å². The molecular formula is C7H6ClN3O2. The van der Waals surface area contributed by atoms with Crippen molar-refractivity contribution < 1.29 is 4.92 Å². The zero-order valence-corrected chi connectivity index (χ0v) is 7.25. The zero-order valence-electron chi connectivity index (χ0n) is 6.43. The monoisotopic (exact) mass is 199 g/mol. The number of benzene rings is 1. The average molecular weight is 200 g/mol. The summed E-state index contributed by atoms with van der Waals surface area (Å²) in [6.45, 7) is 0. The number of rotatable bonds is 1. The second-order valence-corrected chi connectivity index (χ2v) is 2.37. The van der Waals surface area contributed by atoms with E-state index in [9.17, 15) is 10.1 Å². The van der Waals surface area contributed by atoms with Gasteiger partial charge in [-0.15, -0.1) is 12.4 Å². The molecule has 0 spiro atoms. The van der Waals surface area contributed by atoms with E-state index in [-0.39, 0.29) is 18.1 Å². The number of hydrogen-bond donors (Lipinski definition) is 1. The lowest BCUT2D eigenvalue weighted by Crippen LogP contribution is -1.88. The van der Waals surface area contributed by atoms with Crippen LogP contribution in [-0.2, 0) is 0 Å². The first-order chi connectivity index (χ1) is 5.79. The molecule has 2 aromatic rings. The number of nitro benzene ring substituents is 1. The van der Waals surface area contributed by atoms with E-state index in [0.717, 1.165) is 5.39 Å². The molecule has 6 heteroatoms. The van der Waals surface area contributed by atoms with Gasteiger partial charge in [-0.25, -0.2) is 0 Å². The Morgan fingerprint density at radius 1 is 1.46 bits per heavy atom. The summed E-state index contributed by atoms with van der Waals surface area (Å²) < 4.78 is 0. The van der Waals surface area contributed by atoms with Crippen LogP contribution in [0.15, 0.2) is 24.4 Å². The van der Waals surface area contributed by atoms with E-state index in [2.05, 4.69) is 10.2 Å². The number of para-hydroxylation sites is 1. The highest BCUT2D eigenvalue weighted by atomic mass is 35.5. The van der Waals surface area contributed by atoms with Crippen molar-refractivity contribution in [2.24, 2.45) is 0 Å². The Hall–Kier alpha value is -1.62. The first-order valence-electron chi connectivity index (χ1n) is 3.35. The molecule has 0 bridgehead atoms. The fraction of sp³-hybridized carbons (Fsp3) is 0. The zero-order chi connectivity index (χ0) is 8.55. The van der Waals surface area contributed by atoms with Crippen molar-refractivity contribution in [2.75, 3.05) is 0 Å². The highest BCUT2D eigenvalue weighted by Crippen LogP contribution is 2.21. The van der Waals surface area contributed by atoms with Crippen molar-refractivity contribution in [1.29, 1.82) is 0 Å². The lowest BCUT2D eigenvalue weighted by atomic mass is 10.2. The van der Waals surface area contributed by atoms with Crippen LogP contribution in [0.3, 0.4) is 0 Å². The molecule has 1 N–H and O–H groups in total. The molecule has 0 saturated carbocycles. The molecule has 2 rings (SSSR count). The van der Waals surface area contributed by atoms with Crippen LogP contribution in [0.4, 0.5) is 5.69 Å². The van der Waals surface area contributed by atoms with Gasteiger partial charge in [0.05, 0.1) is 11.1 Å². The fourth-order valence-electron chi connectivity index (χ4n) is 1.11. The number of nitrogens with one attached hydrogen (secondary N) is 1. The maximum atomic E-state index is 10.5. The molecule has 0 aliphatic carbocycles. The van der Waals surface area contributed by atoms with Gasteiger partial charge < -0.3 is 0 Å². The van der Waals surface area contributed by atoms with E-state index >= 15 is 0 Å². The highest BCUT2D eigenvalue weighted by molar-refractivity contribution is 5.86. The summed E-state index contributed by atoms with van der Waals surface area (Å²) in [7, 11) is 0. The van der Waals surface area contributed by atoms with Gasteiger partial charge >= 0.3 is 0 Å². The number of non-ortho nitro benzene ring substituents is 1.